The minimum atomic E-state index is -0.955. The Morgan fingerprint density at radius 2 is 1.86 bits per heavy atom. The fourth-order valence-electron chi connectivity index (χ4n) is 2.75. The number of aliphatic carboxylic acids is 1. The van der Waals surface area contributed by atoms with Gasteiger partial charge in [-0.3, -0.25) is 9.59 Å². The van der Waals surface area contributed by atoms with Gasteiger partial charge in [0.1, 0.15) is 0 Å². The third-order valence-corrected chi connectivity index (χ3v) is 4.23. The number of carboxylic acid groups (broad SMARTS) is 1. The summed E-state index contributed by atoms with van der Waals surface area (Å²) in [6.45, 7) is 3.76. The summed E-state index contributed by atoms with van der Waals surface area (Å²) >= 11 is 5.89. The second-order valence-electron chi connectivity index (χ2n) is 5.32. The highest BCUT2D eigenvalue weighted by Crippen LogP contribution is 2.31. The normalized spacial score (nSPS) is 17.8. The smallest absolute Gasteiger partial charge is 0.307 e. The molecule has 2 atom stereocenters. The summed E-state index contributed by atoms with van der Waals surface area (Å²) in [4.78, 5) is 26.1. The molecular weight excluding hydrogens is 306 g/mol. The molecule has 0 bridgehead atoms. The molecule has 2 unspecified atom stereocenters. The van der Waals surface area contributed by atoms with Gasteiger partial charge < -0.3 is 14.7 Å². The molecule has 2 rings (SSSR count). The van der Waals surface area contributed by atoms with Crippen molar-refractivity contribution in [2.75, 3.05) is 26.3 Å². The maximum atomic E-state index is 12.9. The molecule has 0 aromatic heterocycles. The predicted molar refractivity (Wildman–Crippen MR) is 83.0 cm³/mol. The minimum Gasteiger partial charge on any atom is -0.481 e. The summed E-state index contributed by atoms with van der Waals surface area (Å²) < 4.78 is 5.26. The van der Waals surface area contributed by atoms with Gasteiger partial charge >= 0.3 is 5.97 Å². The number of amides is 1. The molecule has 1 heterocycles. The van der Waals surface area contributed by atoms with Crippen molar-refractivity contribution in [3.8, 4) is 0 Å². The van der Waals surface area contributed by atoms with E-state index in [1.807, 2.05) is 0 Å². The average molecular weight is 326 g/mol. The van der Waals surface area contributed by atoms with E-state index in [-0.39, 0.29) is 5.91 Å². The molecule has 5 nitrogen and oxygen atoms in total. The number of carbonyl (C=O) groups excluding carboxylic acids is 1. The average Bonchev–Trinajstić information content (AvgIpc) is 2.53. The topological polar surface area (TPSA) is 66.8 Å². The maximum Gasteiger partial charge on any atom is 0.307 e. The number of nitrogens with zero attached hydrogens (tertiary/aromatic N) is 1. The van der Waals surface area contributed by atoms with Gasteiger partial charge in [-0.25, -0.2) is 0 Å². The second kappa shape index (κ2) is 7.61. The lowest BCUT2D eigenvalue weighted by molar-refractivity contribution is -0.149. The minimum absolute atomic E-state index is 0.153. The van der Waals surface area contributed by atoms with Gasteiger partial charge in [-0.1, -0.05) is 30.7 Å². The predicted octanol–water partition coefficient (Wildman–Crippen LogP) is 2.39. The van der Waals surface area contributed by atoms with Crippen LogP contribution in [0.1, 0.15) is 24.8 Å². The first kappa shape index (κ1) is 16.8. The number of halogens is 1. The van der Waals surface area contributed by atoms with Crippen molar-refractivity contribution < 1.29 is 19.4 Å². The summed E-state index contributed by atoms with van der Waals surface area (Å²) in [5.74, 6) is -2.56. The Morgan fingerprint density at radius 1 is 1.27 bits per heavy atom. The zero-order chi connectivity index (χ0) is 16.1. The molecule has 1 saturated heterocycles. The van der Waals surface area contributed by atoms with Crippen molar-refractivity contribution >= 4 is 23.5 Å². The number of morpholine rings is 1. The van der Waals surface area contributed by atoms with E-state index in [0.29, 0.717) is 43.3 Å². The quantitative estimate of drug-likeness (QED) is 0.902. The summed E-state index contributed by atoms with van der Waals surface area (Å²) in [5, 5.41) is 10.0. The van der Waals surface area contributed by atoms with E-state index in [1.165, 1.54) is 0 Å². The summed E-state index contributed by atoms with van der Waals surface area (Å²) in [6.07, 6.45) is 0.388. The van der Waals surface area contributed by atoms with Crippen LogP contribution in [0.25, 0.3) is 0 Å². The van der Waals surface area contributed by atoms with Gasteiger partial charge in [-0.05, 0) is 24.1 Å². The standard InChI is InChI=1S/C16H20ClNO4/c1-2-13(16(20)21)14(11-3-5-12(17)6-4-11)15(19)18-7-9-22-10-8-18/h3-6,13-14H,2,7-10H2,1H3,(H,20,21). The maximum absolute atomic E-state index is 12.9. The number of hydrogen-bond donors (Lipinski definition) is 1. The monoisotopic (exact) mass is 325 g/mol. The van der Waals surface area contributed by atoms with Gasteiger partial charge in [0.15, 0.2) is 0 Å². The molecule has 6 heteroatoms. The summed E-state index contributed by atoms with van der Waals surface area (Å²) in [5.41, 5.74) is 0.690. The van der Waals surface area contributed by atoms with Crippen LogP contribution in [0.5, 0.6) is 0 Å². The summed E-state index contributed by atoms with van der Waals surface area (Å²) in [7, 11) is 0. The number of hydrogen-bond acceptors (Lipinski definition) is 3. The molecule has 0 radical (unpaired) electrons. The van der Waals surface area contributed by atoms with Gasteiger partial charge in [-0.2, -0.15) is 0 Å². The highest BCUT2D eigenvalue weighted by Gasteiger charge is 2.36. The van der Waals surface area contributed by atoms with Crippen LogP contribution in [0.3, 0.4) is 0 Å². The number of carboxylic acids is 1. The fourth-order valence-corrected chi connectivity index (χ4v) is 2.88. The Morgan fingerprint density at radius 3 is 2.36 bits per heavy atom. The van der Waals surface area contributed by atoms with Crippen LogP contribution in [-0.4, -0.2) is 48.2 Å². The number of rotatable bonds is 5. The zero-order valence-corrected chi connectivity index (χ0v) is 13.3. The van der Waals surface area contributed by atoms with E-state index < -0.39 is 17.8 Å². The Bertz CT molecular complexity index is 525. The lowest BCUT2D eigenvalue weighted by Crippen LogP contribution is -2.45. The first-order chi connectivity index (χ1) is 10.5. The van der Waals surface area contributed by atoms with Gasteiger partial charge in [0.2, 0.25) is 5.91 Å². The molecule has 1 amide bonds. The van der Waals surface area contributed by atoms with Crippen LogP contribution in [0.4, 0.5) is 0 Å². The van der Waals surface area contributed by atoms with Gasteiger partial charge in [0, 0.05) is 18.1 Å². The fraction of sp³-hybridized carbons (Fsp3) is 0.500. The highest BCUT2D eigenvalue weighted by atomic mass is 35.5. The van der Waals surface area contributed by atoms with E-state index in [1.54, 1.807) is 36.1 Å². The molecule has 1 aliphatic heterocycles. The Labute approximate surface area is 134 Å². The van der Waals surface area contributed by atoms with Crippen molar-refractivity contribution in [1.82, 2.24) is 4.90 Å². The second-order valence-corrected chi connectivity index (χ2v) is 5.76. The van der Waals surface area contributed by atoms with Gasteiger partial charge in [0.25, 0.3) is 0 Å². The van der Waals surface area contributed by atoms with Crippen LogP contribution in [0.15, 0.2) is 24.3 Å². The molecule has 1 fully saturated rings. The molecule has 1 aromatic carbocycles. The number of ether oxygens (including phenoxy) is 1. The zero-order valence-electron chi connectivity index (χ0n) is 12.5. The SMILES string of the molecule is CCC(C(=O)O)C(C(=O)N1CCOCC1)c1ccc(Cl)cc1. The molecule has 1 aliphatic rings. The number of benzene rings is 1. The Hall–Kier alpha value is -1.59. The van der Waals surface area contributed by atoms with E-state index in [9.17, 15) is 14.7 Å². The van der Waals surface area contributed by atoms with Crippen molar-refractivity contribution in [3.63, 3.8) is 0 Å². The van der Waals surface area contributed by atoms with Crippen molar-refractivity contribution in [3.05, 3.63) is 34.9 Å². The third-order valence-electron chi connectivity index (χ3n) is 3.98. The van der Waals surface area contributed by atoms with Crippen LogP contribution < -0.4 is 0 Å². The first-order valence-electron chi connectivity index (χ1n) is 7.39. The van der Waals surface area contributed by atoms with E-state index in [0.717, 1.165) is 0 Å². The van der Waals surface area contributed by atoms with Crippen LogP contribution >= 0.6 is 11.6 Å². The summed E-state index contributed by atoms with van der Waals surface area (Å²) in [6, 6.07) is 6.84. The van der Waals surface area contributed by atoms with E-state index in [4.69, 9.17) is 16.3 Å². The molecule has 0 saturated carbocycles. The molecular formula is C16H20ClNO4. The molecule has 1 N–H and O–H groups in total. The van der Waals surface area contributed by atoms with Gasteiger partial charge in [0.05, 0.1) is 25.0 Å². The highest BCUT2D eigenvalue weighted by molar-refractivity contribution is 6.30. The van der Waals surface area contributed by atoms with Gasteiger partial charge in [-0.15, -0.1) is 0 Å². The van der Waals surface area contributed by atoms with Crippen LogP contribution in [-0.2, 0) is 14.3 Å². The molecule has 1 aromatic rings. The molecule has 0 aliphatic carbocycles. The van der Waals surface area contributed by atoms with E-state index >= 15 is 0 Å². The lowest BCUT2D eigenvalue weighted by atomic mass is 9.83. The lowest BCUT2D eigenvalue weighted by Gasteiger charge is -2.32. The molecule has 0 spiro atoms. The van der Waals surface area contributed by atoms with Crippen molar-refractivity contribution in [1.29, 1.82) is 0 Å². The van der Waals surface area contributed by atoms with Crippen molar-refractivity contribution in [2.45, 2.75) is 19.3 Å². The first-order valence-corrected chi connectivity index (χ1v) is 7.77. The molecule has 120 valence electrons. The van der Waals surface area contributed by atoms with Crippen LogP contribution in [0, 0.1) is 5.92 Å². The number of carbonyl (C=O) groups is 2. The van der Waals surface area contributed by atoms with Crippen molar-refractivity contribution in [2.24, 2.45) is 5.92 Å². The molecule has 22 heavy (non-hydrogen) atoms. The van der Waals surface area contributed by atoms with Crippen LogP contribution in [0.2, 0.25) is 5.02 Å². The Balaban J connectivity index is 2.33. The Kier molecular flexibility index (Phi) is 5.80. The third kappa shape index (κ3) is 3.78. The largest absolute Gasteiger partial charge is 0.481 e. The van der Waals surface area contributed by atoms with E-state index in [2.05, 4.69) is 0 Å².